The lowest BCUT2D eigenvalue weighted by molar-refractivity contribution is -0.122. The fraction of sp³-hybridized carbons (Fsp3) is 0.452. The number of benzene rings is 2. The molecule has 2 aliphatic heterocycles. The van der Waals surface area contributed by atoms with Gasteiger partial charge in [0, 0.05) is 36.8 Å². The molecule has 0 spiro atoms. The molecule has 6 rings (SSSR count). The van der Waals surface area contributed by atoms with Crippen molar-refractivity contribution in [1.29, 1.82) is 10.8 Å². The number of fused-ring (bicyclic) bond motifs is 1. The van der Waals surface area contributed by atoms with Gasteiger partial charge in [-0.1, -0.05) is 57.2 Å². The van der Waals surface area contributed by atoms with Crippen LogP contribution in [0.4, 0.5) is 10.5 Å². The molecule has 55 heavy (non-hydrogen) atoms. The van der Waals surface area contributed by atoms with E-state index in [1.54, 1.807) is 29.0 Å². The molecule has 2 atom stereocenters. The van der Waals surface area contributed by atoms with Crippen LogP contribution in [-0.2, 0) is 11.2 Å². The molecule has 2 amide bonds. The Morgan fingerprint density at radius 3 is 2.38 bits per heavy atom. The molecule has 13 nitrogen and oxygen atoms in total. The molecule has 1 aromatic heterocycles. The molecular weight excluding hydrogens is 695 g/mol. The zero-order valence-electron chi connectivity index (χ0n) is 32.4. The summed E-state index contributed by atoms with van der Waals surface area (Å²) in [6, 6.07) is 19.1. The lowest BCUT2D eigenvalue weighted by Crippen LogP contribution is -2.43. The fourth-order valence-corrected chi connectivity index (χ4v) is 7.16. The van der Waals surface area contributed by atoms with Gasteiger partial charge in [-0.05, 0) is 105 Å². The quantitative estimate of drug-likeness (QED) is 0.0868. The average Bonchev–Trinajstić information content (AvgIpc) is 3.70. The number of nitrogens with two attached hydrogens (primary N) is 1. The molecule has 0 radical (unpaired) electrons. The zero-order chi connectivity index (χ0) is 39.4. The fourth-order valence-electron chi connectivity index (χ4n) is 7.16. The topological polar surface area (TPSA) is 185 Å². The molecule has 2 fully saturated rings. The number of nitrogens with zero attached hydrogens (tertiary/aromatic N) is 4. The van der Waals surface area contributed by atoms with Gasteiger partial charge in [-0.15, -0.1) is 0 Å². The minimum atomic E-state index is -0.357. The van der Waals surface area contributed by atoms with Gasteiger partial charge in [0.25, 0.3) is 6.47 Å². The maximum Gasteiger partial charge on any atom is 0.320 e. The van der Waals surface area contributed by atoms with Gasteiger partial charge in [-0.3, -0.25) is 25.5 Å². The normalized spacial score (nSPS) is 19.1. The highest BCUT2D eigenvalue weighted by atomic mass is 16.5. The van der Waals surface area contributed by atoms with Gasteiger partial charge in [-0.2, -0.15) is 0 Å². The van der Waals surface area contributed by atoms with Crippen LogP contribution in [0.25, 0.3) is 0 Å². The van der Waals surface area contributed by atoms with E-state index in [1.165, 1.54) is 37.9 Å². The van der Waals surface area contributed by atoms with Crippen molar-refractivity contribution in [2.24, 2.45) is 16.1 Å². The Hall–Kier alpha value is -5.43. The van der Waals surface area contributed by atoms with Gasteiger partial charge >= 0.3 is 6.03 Å². The van der Waals surface area contributed by atoms with Crippen LogP contribution in [0.3, 0.4) is 0 Å². The molecule has 2 unspecified atom stereocenters. The predicted molar refractivity (Wildman–Crippen MR) is 216 cm³/mol. The number of hydrogen-bond donors (Lipinski definition) is 6. The second kappa shape index (κ2) is 19.2. The molecule has 3 aliphatic rings. The molecule has 13 heteroatoms. The predicted octanol–water partition coefficient (Wildman–Crippen LogP) is 6.45. The van der Waals surface area contributed by atoms with E-state index in [4.69, 9.17) is 36.2 Å². The minimum Gasteiger partial charge on any atom is -0.484 e. The number of urea groups is 1. The summed E-state index contributed by atoms with van der Waals surface area (Å²) in [6.07, 6.45) is 11.4. The molecule has 0 saturated carbocycles. The molecule has 2 aromatic carbocycles. The van der Waals surface area contributed by atoms with Crippen LogP contribution < -0.4 is 26.6 Å². The number of piperidine rings is 1. The van der Waals surface area contributed by atoms with Crippen LogP contribution in [0, 0.1) is 16.2 Å². The Morgan fingerprint density at radius 1 is 0.982 bits per heavy atom. The van der Waals surface area contributed by atoms with Gasteiger partial charge < -0.3 is 30.7 Å². The van der Waals surface area contributed by atoms with Crippen molar-refractivity contribution in [3.8, 4) is 5.75 Å². The van der Waals surface area contributed by atoms with Gasteiger partial charge in [0.15, 0.2) is 0 Å². The summed E-state index contributed by atoms with van der Waals surface area (Å²) in [5.74, 6) is 1.29. The summed E-state index contributed by atoms with van der Waals surface area (Å²) in [7, 11) is 0. The number of likely N-dealkylation sites (tertiary alicyclic amines) is 2. The molecule has 3 heterocycles. The van der Waals surface area contributed by atoms with Crippen LogP contribution in [0.5, 0.6) is 5.75 Å². The number of carbonyl (C=O) groups is 2. The zero-order valence-corrected chi connectivity index (χ0v) is 32.4. The van der Waals surface area contributed by atoms with Crippen LogP contribution in [0.2, 0.25) is 0 Å². The van der Waals surface area contributed by atoms with Crippen molar-refractivity contribution in [3.63, 3.8) is 0 Å². The summed E-state index contributed by atoms with van der Waals surface area (Å²) in [4.78, 5) is 31.4. The molecule has 1 aliphatic carbocycles. The first kappa shape index (κ1) is 40.7. The maximum atomic E-state index is 13.7. The van der Waals surface area contributed by atoms with E-state index in [0.29, 0.717) is 36.1 Å². The third kappa shape index (κ3) is 11.5. The highest BCUT2D eigenvalue weighted by Crippen LogP contribution is 2.38. The van der Waals surface area contributed by atoms with Crippen molar-refractivity contribution in [3.05, 3.63) is 101 Å². The number of nitrogens with one attached hydrogen (secondary N) is 4. The Kier molecular flexibility index (Phi) is 14.3. The van der Waals surface area contributed by atoms with Crippen molar-refractivity contribution in [1.82, 2.24) is 25.0 Å². The number of amidine groups is 1. The molecule has 3 aromatic rings. The van der Waals surface area contributed by atoms with Crippen molar-refractivity contribution in [2.75, 3.05) is 32.7 Å². The second-order valence-corrected chi connectivity index (χ2v) is 15.4. The van der Waals surface area contributed by atoms with Crippen molar-refractivity contribution < 1.29 is 19.4 Å². The summed E-state index contributed by atoms with van der Waals surface area (Å²) in [5, 5.41) is 30.3. The highest BCUT2D eigenvalue weighted by molar-refractivity contribution is 6.05. The van der Waals surface area contributed by atoms with Gasteiger partial charge in [0.05, 0.1) is 17.9 Å². The first-order valence-corrected chi connectivity index (χ1v) is 19.3. The molecule has 0 bridgehead atoms. The Morgan fingerprint density at radius 2 is 1.67 bits per heavy atom. The molecule has 294 valence electrons. The lowest BCUT2D eigenvalue weighted by Gasteiger charge is -2.33. The Balaban J connectivity index is 0.00000187. The SMILES string of the molecule is CC(C)(C)/C(N)=C/C(=Nc1cccc(CCN2CCCC2)c1)NC(=O)NC1CCC(Oc2ccc(=N)n(C(=N)N3CCCCC3)c2)c2ccccc21.O=CO. The summed E-state index contributed by atoms with van der Waals surface area (Å²) >= 11 is 0. The summed E-state index contributed by atoms with van der Waals surface area (Å²) in [5.41, 5.74) is 11.0. The van der Waals surface area contributed by atoms with Gasteiger partial charge in [0.1, 0.15) is 23.2 Å². The van der Waals surface area contributed by atoms with Crippen LogP contribution in [-0.4, -0.2) is 76.5 Å². The standard InChI is InChI=1S/C41H55N9O2.CH2O2/c1-41(2,3)36(42)27-38(45-30-13-11-12-29(26-30)20-25-48-21-9-10-22-48)47-40(51)46-34-17-18-35(33-15-6-5-14-32(33)34)52-31-16-19-37(43)50(28-31)39(44)49-23-7-4-8-24-49;2-1-3/h5-6,11-16,19,26-28,34-35,43-44H,4,7-10,17-18,20-25,42H2,1-3H3,(H2,45,46,47,51);1H,(H,2,3)/b36-27-,43-37?,44-39?;. The first-order valence-electron chi connectivity index (χ1n) is 19.3. The number of aromatic nitrogens is 1. The molecule has 2 saturated heterocycles. The monoisotopic (exact) mass is 751 g/mol. The van der Waals surface area contributed by atoms with E-state index in [1.807, 2.05) is 62.1 Å². The number of pyridine rings is 1. The van der Waals surface area contributed by atoms with E-state index < -0.39 is 0 Å². The minimum absolute atomic E-state index is 0.233. The number of ether oxygens (including phenoxy) is 1. The van der Waals surface area contributed by atoms with Crippen LogP contribution >= 0.6 is 0 Å². The van der Waals surface area contributed by atoms with Gasteiger partial charge in [-0.25, -0.2) is 9.79 Å². The average molecular weight is 752 g/mol. The number of amides is 2. The largest absolute Gasteiger partial charge is 0.484 e. The number of hydrogen-bond acceptors (Lipinski definition) is 8. The highest BCUT2D eigenvalue weighted by Gasteiger charge is 2.30. The van der Waals surface area contributed by atoms with Crippen LogP contribution in [0.15, 0.2) is 83.6 Å². The van der Waals surface area contributed by atoms with Crippen LogP contribution in [0.1, 0.15) is 94.6 Å². The maximum absolute atomic E-state index is 13.7. The van der Waals surface area contributed by atoms with E-state index >= 15 is 0 Å². The third-order valence-electron chi connectivity index (χ3n) is 10.3. The van der Waals surface area contributed by atoms with E-state index in [2.05, 4.69) is 27.7 Å². The van der Waals surface area contributed by atoms with E-state index in [9.17, 15) is 4.79 Å². The lowest BCUT2D eigenvalue weighted by atomic mass is 9.85. The Bertz CT molecular complexity index is 1900. The third-order valence-corrected chi connectivity index (χ3v) is 10.3. The summed E-state index contributed by atoms with van der Waals surface area (Å²) < 4.78 is 8.13. The number of aliphatic imine (C=N–C) groups is 1. The van der Waals surface area contributed by atoms with Crippen molar-refractivity contribution in [2.45, 2.75) is 84.3 Å². The van der Waals surface area contributed by atoms with E-state index in [-0.39, 0.29) is 35.6 Å². The number of rotatable bonds is 8. The Labute approximate surface area is 324 Å². The number of allylic oxidation sites excluding steroid dienone is 1. The molecular formula is C42H57N9O4. The summed E-state index contributed by atoms with van der Waals surface area (Å²) in [6.45, 7) is 10.9. The number of carboxylic acid groups (broad SMARTS) is 1. The van der Waals surface area contributed by atoms with Gasteiger partial charge in [0.2, 0.25) is 5.96 Å². The van der Waals surface area contributed by atoms with E-state index in [0.717, 1.165) is 55.7 Å². The smallest absolute Gasteiger partial charge is 0.320 e. The molecule has 7 N–H and O–H groups in total. The number of carbonyl (C=O) groups excluding carboxylic acids is 1. The van der Waals surface area contributed by atoms with Crippen molar-refractivity contribution >= 4 is 30.0 Å². The second-order valence-electron chi connectivity index (χ2n) is 15.4. The first-order chi connectivity index (χ1) is 26.4.